The summed E-state index contributed by atoms with van der Waals surface area (Å²) >= 11 is 0. The summed E-state index contributed by atoms with van der Waals surface area (Å²) in [5.41, 5.74) is 1.05. The molecule has 0 aliphatic carbocycles. The number of benzene rings is 2. The SMILES string of the molecule is COc1ccc(N2CCN(S(=O)(=O)CCCNC(=O)COc3ccccc3)CC2)cc1. The van der Waals surface area contributed by atoms with Crippen molar-refractivity contribution in [1.82, 2.24) is 9.62 Å². The van der Waals surface area contributed by atoms with E-state index >= 15 is 0 Å². The Morgan fingerprint density at radius 3 is 2.29 bits per heavy atom. The van der Waals surface area contributed by atoms with Gasteiger partial charge in [-0.05, 0) is 42.8 Å². The molecule has 0 atom stereocenters. The van der Waals surface area contributed by atoms with E-state index in [9.17, 15) is 13.2 Å². The predicted octanol–water partition coefficient (Wildman–Crippen LogP) is 1.73. The van der Waals surface area contributed by atoms with Gasteiger partial charge in [-0.25, -0.2) is 8.42 Å². The Bertz CT molecular complexity index is 927. The van der Waals surface area contributed by atoms with E-state index in [2.05, 4.69) is 10.2 Å². The number of piperazine rings is 1. The van der Waals surface area contributed by atoms with Crippen molar-refractivity contribution in [3.8, 4) is 11.5 Å². The van der Waals surface area contributed by atoms with E-state index in [1.165, 1.54) is 4.31 Å². The van der Waals surface area contributed by atoms with Gasteiger partial charge in [0.15, 0.2) is 6.61 Å². The molecular formula is C22H29N3O5S. The molecule has 2 aromatic carbocycles. The molecule has 31 heavy (non-hydrogen) atoms. The van der Waals surface area contributed by atoms with E-state index < -0.39 is 10.0 Å². The van der Waals surface area contributed by atoms with Gasteiger partial charge < -0.3 is 19.7 Å². The monoisotopic (exact) mass is 447 g/mol. The summed E-state index contributed by atoms with van der Waals surface area (Å²) in [7, 11) is -1.72. The number of methoxy groups -OCH3 is 1. The van der Waals surface area contributed by atoms with Crippen molar-refractivity contribution in [1.29, 1.82) is 0 Å². The number of ether oxygens (including phenoxy) is 2. The highest BCUT2D eigenvalue weighted by Crippen LogP contribution is 2.21. The molecule has 0 radical (unpaired) electrons. The topological polar surface area (TPSA) is 88.2 Å². The maximum absolute atomic E-state index is 12.6. The van der Waals surface area contributed by atoms with Crippen LogP contribution in [0.1, 0.15) is 6.42 Å². The third kappa shape index (κ3) is 6.86. The number of nitrogens with one attached hydrogen (secondary N) is 1. The summed E-state index contributed by atoms with van der Waals surface area (Å²) in [6.07, 6.45) is 0.359. The molecule has 1 aliphatic heterocycles. The Labute approximate surface area is 183 Å². The van der Waals surface area contributed by atoms with Crippen LogP contribution in [0.5, 0.6) is 11.5 Å². The van der Waals surface area contributed by atoms with Gasteiger partial charge in [-0.1, -0.05) is 18.2 Å². The van der Waals surface area contributed by atoms with Crippen molar-refractivity contribution >= 4 is 21.6 Å². The number of hydrogen-bond acceptors (Lipinski definition) is 6. The lowest BCUT2D eigenvalue weighted by Crippen LogP contribution is -2.49. The molecule has 168 valence electrons. The number of amides is 1. The zero-order valence-corrected chi connectivity index (χ0v) is 18.5. The van der Waals surface area contributed by atoms with Crippen LogP contribution in [-0.4, -0.2) is 70.8 Å². The van der Waals surface area contributed by atoms with Gasteiger partial charge >= 0.3 is 0 Å². The quantitative estimate of drug-likeness (QED) is 0.558. The number of rotatable bonds is 10. The Kier molecular flexibility index (Phi) is 8.13. The van der Waals surface area contributed by atoms with E-state index in [0.717, 1.165) is 11.4 Å². The number of anilines is 1. The molecule has 8 nitrogen and oxygen atoms in total. The molecule has 1 saturated heterocycles. The molecule has 0 aromatic heterocycles. The molecule has 1 heterocycles. The highest BCUT2D eigenvalue weighted by atomic mass is 32.2. The fourth-order valence-electron chi connectivity index (χ4n) is 3.35. The lowest BCUT2D eigenvalue weighted by molar-refractivity contribution is -0.123. The first-order valence-corrected chi connectivity index (χ1v) is 11.9. The zero-order valence-electron chi connectivity index (χ0n) is 17.7. The van der Waals surface area contributed by atoms with Crippen LogP contribution in [-0.2, 0) is 14.8 Å². The van der Waals surface area contributed by atoms with Crippen molar-refractivity contribution in [2.75, 3.05) is 57.1 Å². The van der Waals surface area contributed by atoms with Gasteiger partial charge in [-0.15, -0.1) is 0 Å². The van der Waals surface area contributed by atoms with E-state index in [4.69, 9.17) is 9.47 Å². The summed E-state index contributed by atoms with van der Waals surface area (Å²) in [5, 5.41) is 2.70. The van der Waals surface area contributed by atoms with Crippen molar-refractivity contribution in [3.63, 3.8) is 0 Å². The van der Waals surface area contributed by atoms with E-state index in [1.807, 2.05) is 42.5 Å². The minimum absolute atomic E-state index is 0.00928. The molecule has 3 rings (SSSR count). The summed E-state index contributed by atoms with van der Waals surface area (Å²) in [4.78, 5) is 14.0. The van der Waals surface area contributed by atoms with Crippen LogP contribution >= 0.6 is 0 Å². The minimum Gasteiger partial charge on any atom is -0.497 e. The van der Waals surface area contributed by atoms with Crippen molar-refractivity contribution in [3.05, 3.63) is 54.6 Å². The average Bonchev–Trinajstić information content (AvgIpc) is 2.81. The molecule has 1 amide bonds. The lowest BCUT2D eigenvalue weighted by Gasteiger charge is -2.35. The van der Waals surface area contributed by atoms with Crippen molar-refractivity contribution in [2.45, 2.75) is 6.42 Å². The van der Waals surface area contributed by atoms with Gasteiger partial charge in [0.05, 0.1) is 12.9 Å². The molecule has 1 aliphatic rings. The van der Waals surface area contributed by atoms with Crippen LogP contribution in [0.25, 0.3) is 0 Å². The van der Waals surface area contributed by atoms with Crippen LogP contribution < -0.4 is 19.7 Å². The second-order valence-corrected chi connectivity index (χ2v) is 9.29. The first-order valence-electron chi connectivity index (χ1n) is 10.3. The Morgan fingerprint density at radius 1 is 0.968 bits per heavy atom. The fraction of sp³-hybridized carbons (Fsp3) is 0.409. The third-order valence-corrected chi connectivity index (χ3v) is 7.04. The van der Waals surface area contributed by atoms with Gasteiger partial charge in [-0.3, -0.25) is 4.79 Å². The number of nitrogens with zero attached hydrogens (tertiary/aromatic N) is 2. The minimum atomic E-state index is -3.35. The molecule has 0 unspecified atom stereocenters. The fourth-order valence-corrected chi connectivity index (χ4v) is 4.83. The van der Waals surface area contributed by atoms with E-state index in [1.54, 1.807) is 19.2 Å². The number of carbonyl (C=O) groups excluding carboxylic acids is 1. The van der Waals surface area contributed by atoms with Crippen LogP contribution in [0.2, 0.25) is 0 Å². The molecule has 0 saturated carbocycles. The highest BCUT2D eigenvalue weighted by Gasteiger charge is 2.26. The first kappa shape index (κ1) is 22.9. The average molecular weight is 448 g/mol. The number of hydrogen-bond donors (Lipinski definition) is 1. The summed E-state index contributed by atoms with van der Waals surface area (Å²) in [6.45, 7) is 2.38. The van der Waals surface area contributed by atoms with Crippen molar-refractivity contribution in [2.24, 2.45) is 0 Å². The number of para-hydroxylation sites is 1. The molecule has 1 fully saturated rings. The number of sulfonamides is 1. The zero-order chi connectivity index (χ0) is 22.1. The van der Waals surface area contributed by atoms with E-state index in [0.29, 0.717) is 44.9 Å². The number of carbonyl (C=O) groups is 1. The van der Waals surface area contributed by atoms with E-state index in [-0.39, 0.29) is 18.3 Å². The standard InChI is InChI=1S/C22H29N3O5S/c1-29-20-10-8-19(9-11-20)24-13-15-25(16-14-24)31(27,28)17-5-12-23-22(26)18-30-21-6-3-2-4-7-21/h2-4,6-11H,5,12-18H2,1H3,(H,23,26). The highest BCUT2D eigenvalue weighted by molar-refractivity contribution is 7.89. The Hall–Kier alpha value is -2.78. The smallest absolute Gasteiger partial charge is 0.257 e. The second kappa shape index (κ2) is 11.0. The van der Waals surface area contributed by atoms with Gasteiger partial charge in [-0.2, -0.15) is 4.31 Å². The predicted molar refractivity (Wildman–Crippen MR) is 120 cm³/mol. The molecule has 1 N–H and O–H groups in total. The molecule has 9 heteroatoms. The second-order valence-electron chi connectivity index (χ2n) is 7.21. The summed E-state index contributed by atoms with van der Waals surface area (Å²) < 4.78 is 37.3. The van der Waals surface area contributed by atoms with Crippen LogP contribution in [0, 0.1) is 0 Å². The molecular weight excluding hydrogens is 418 g/mol. The van der Waals surface area contributed by atoms with Gasteiger partial charge in [0.1, 0.15) is 11.5 Å². The normalized spacial score (nSPS) is 14.8. The summed E-state index contributed by atoms with van der Waals surface area (Å²) in [6, 6.07) is 16.8. The van der Waals surface area contributed by atoms with Crippen LogP contribution in [0.3, 0.4) is 0 Å². The third-order valence-electron chi connectivity index (χ3n) is 5.08. The van der Waals surface area contributed by atoms with Gasteiger partial charge in [0.2, 0.25) is 10.0 Å². The van der Waals surface area contributed by atoms with Crippen LogP contribution in [0.15, 0.2) is 54.6 Å². The van der Waals surface area contributed by atoms with Gasteiger partial charge in [0.25, 0.3) is 5.91 Å². The molecule has 0 spiro atoms. The Balaban J connectivity index is 1.35. The maximum atomic E-state index is 12.6. The Morgan fingerprint density at radius 2 is 1.65 bits per heavy atom. The largest absolute Gasteiger partial charge is 0.497 e. The first-order chi connectivity index (χ1) is 15.0. The molecule has 2 aromatic rings. The van der Waals surface area contributed by atoms with Crippen LogP contribution in [0.4, 0.5) is 5.69 Å². The lowest BCUT2D eigenvalue weighted by atomic mass is 10.2. The maximum Gasteiger partial charge on any atom is 0.257 e. The van der Waals surface area contributed by atoms with Gasteiger partial charge in [0, 0.05) is 38.4 Å². The van der Waals surface area contributed by atoms with Crippen molar-refractivity contribution < 1.29 is 22.7 Å². The summed E-state index contributed by atoms with van der Waals surface area (Å²) in [5.74, 6) is 1.15. The molecule has 0 bridgehead atoms.